The van der Waals surface area contributed by atoms with Crippen LogP contribution in [0.3, 0.4) is 0 Å². The van der Waals surface area contributed by atoms with Crippen LogP contribution in [0, 0.1) is 0 Å². The molecule has 1 nitrogen and oxygen atoms in total. The summed E-state index contributed by atoms with van der Waals surface area (Å²) in [4.78, 5) is 0. The van der Waals surface area contributed by atoms with Crippen molar-refractivity contribution in [1.82, 2.24) is 4.57 Å². The molecule has 1 radical (unpaired) electrons. The van der Waals surface area contributed by atoms with Crippen LogP contribution in [0.1, 0.15) is 5.56 Å². The van der Waals surface area contributed by atoms with E-state index in [9.17, 15) is 0 Å². The first-order valence-corrected chi connectivity index (χ1v) is 2.74. The van der Waals surface area contributed by atoms with Crippen molar-refractivity contribution >= 4 is 17.6 Å². The molecule has 2 heteroatoms. The largest absolute Gasteiger partial charge is 0.357 e. The highest BCUT2D eigenvalue weighted by molar-refractivity contribution is 7.79. The monoisotopic (exact) mass is 124 g/mol. The fraction of sp³-hybridized carbons (Fsp3) is 0.167. The minimum absolute atomic E-state index is 0.975. The van der Waals surface area contributed by atoms with Gasteiger partial charge in [-0.05, 0) is 6.07 Å². The van der Waals surface area contributed by atoms with Crippen LogP contribution in [-0.4, -0.2) is 9.93 Å². The lowest BCUT2D eigenvalue weighted by atomic mass is 10.4. The molecule has 0 spiro atoms. The van der Waals surface area contributed by atoms with Crippen LogP contribution in [0.2, 0.25) is 0 Å². The van der Waals surface area contributed by atoms with Gasteiger partial charge in [-0.25, -0.2) is 0 Å². The third kappa shape index (κ3) is 0.954. The van der Waals surface area contributed by atoms with E-state index in [0.717, 1.165) is 5.56 Å². The number of nitrogens with zero attached hydrogens (tertiary/aromatic N) is 1. The molecule has 0 aromatic carbocycles. The average molecular weight is 124 g/mol. The molecule has 1 aromatic rings. The van der Waals surface area contributed by atoms with Crippen LogP contribution < -0.4 is 0 Å². The maximum Gasteiger partial charge on any atom is 0.0651 e. The summed E-state index contributed by atoms with van der Waals surface area (Å²) in [6, 6.07) is 1.92. The van der Waals surface area contributed by atoms with E-state index >= 15 is 0 Å². The molecule has 0 aliphatic heterocycles. The second-order valence-corrected chi connectivity index (χ2v) is 1.87. The van der Waals surface area contributed by atoms with Crippen LogP contribution in [0.25, 0.3) is 0 Å². The van der Waals surface area contributed by atoms with Crippen LogP contribution >= 0.6 is 12.2 Å². The molecule has 1 heterocycles. The molecule has 0 aliphatic rings. The van der Waals surface area contributed by atoms with Gasteiger partial charge in [0.25, 0.3) is 0 Å². The number of rotatable bonds is 1. The second kappa shape index (κ2) is 2.09. The maximum atomic E-state index is 4.57. The fourth-order valence-corrected chi connectivity index (χ4v) is 0.684. The summed E-state index contributed by atoms with van der Waals surface area (Å²) in [6.07, 6.45) is 3.86. The molecule has 1 aromatic heterocycles. The van der Waals surface area contributed by atoms with Crippen molar-refractivity contribution in [1.29, 1.82) is 0 Å². The Morgan fingerprint density at radius 2 is 2.50 bits per heavy atom. The molecule has 0 bridgehead atoms. The Hall–Kier alpha value is -0.630. The van der Waals surface area contributed by atoms with Crippen LogP contribution in [0.4, 0.5) is 0 Å². The highest BCUT2D eigenvalue weighted by Crippen LogP contribution is 1.93. The molecule has 0 amide bonds. The van der Waals surface area contributed by atoms with Crippen molar-refractivity contribution in [2.45, 2.75) is 0 Å². The van der Waals surface area contributed by atoms with E-state index in [-0.39, 0.29) is 0 Å². The maximum absolute atomic E-state index is 4.57. The van der Waals surface area contributed by atoms with Crippen molar-refractivity contribution in [3.8, 4) is 0 Å². The predicted octanol–water partition coefficient (Wildman–Crippen LogP) is 1.25. The van der Waals surface area contributed by atoms with Crippen molar-refractivity contribution in [3.05, 3.63) is 24.0 Å². The number of thiocarbonyl (C=S) groups is 1. The Kier molecular flexibility index (Phi) is 1.44. The summed E-state index contributed by atoms with van der Waals surface area (Å²) in [6.45, 7) is 0. The summed E-state index contributed by atoms with van der Waals surface area (Å²) < 4.78 is 1.94. The van der Waals surface area contributed by atoms with Gasteiger partial charge in [0.2, 0.25) is 0 Å². The van der Waals surface area contributed by atoms with E-state index < -0.39 is 0 Å². The molecular weight excluding hydrogens is 118 g/mol. The van der Waals surface area contributed by atoms with Crippen molar-refractivity contribution in [2.24, 2.45) is 7.05 Å². The van der Waals surface area contributed by atoms with Gasteiger partial charge in [0.1, 0.15) is 0 Å². The smallest absolute Gasteiger partial charge is 0.0651 e. The summed E-state index contributed by atoms with van der Waals surface area (Å²) in [5.74, 6) is 0. The van der Waals surface area contributed by atoms with Crippen molar-refractivity contribution < 1.29 is 0 Å². The van der Waals surface area contributed by atoms with Gasteiger partial charge in [-0.2, -0.15) is 0 Å². The van der Waals surface area contributed by atoms with Crippen LogP contribution in [0.5, 0.6) is 0 Å². The van der Waals surface area contributed by atoms with Gasteiger partial charge in [0.15, 0.2) is 0 Å². The van der Waals surface area contributed by atoms with Crippen LogP contribution in [-0.2, 0) is 7.05 Å². The van der Waals surface area contributed by atoms with Gasteiger partial charge >= 0.3 is 0 Å². The topological polar surface area (TPSA) is 4.93 Å². The van der Waals surface area contributed by atoms with Gasteiger partial charge in [-0.15, -0.1) is 0 Å². The van der Waals surface area contributed by atoms with Gasteiger partial charge in [0, 0.05) is 25.0 Å². The molecule has 1 rings (SSSR count). The molecule has 0 atom stereocenters. The van der Waals surface area contributed by atoms with Gasteiger partial charge < -0.3 is 4.57 Å². The van der Waals surface area contributed by atoms with Gasteiger partial charge in [-0.3, -0.25) is 0 Å². The summed E-state index contributed by atoms with van der Waals surface area (Å²) in [5.41, 5.74) is 0.975. The molecule has 0 saturated heterocycles. The Morgan fingerprint density at radius 1 is 1.75 bits per heavy atom. The molecule has 41 valence electrons. The molecule has 0 saturated carbocycles. The standard InChI is InChI=1S/C6H6NS/c1-7-3-2-6(4-7)5-8/h2-4H,1H3. The molecule has 0 fully saturated rings. The normalized spacial score (nSPS) is 9.12. The molecular formula is C6H6NS. The van der Waals surface area contributed by atoms with E-state index in [1.54, 1.807) is 0 Å². The zero-order valence-corrected chi connectivity index (χ0v) is 5.40. The van der Waals surface area contributed by atoms with Gasteiger partial charge in [0.05, 0.1) is 5.37 Å². The van der Waals surface area contributed by atoms with Crippen LogP contribution in [0.15, 0.2) is 18.5 Å². The van der Waals surface area contributed by atoms with E-state index in [2.05, 4.69) is 17.6 Å². The summed E-state index contributed by atoms with van der Waals surface area (Å²) >= 11 is 4.57. The van der Waals surface area contributed by atoms with Gasteiger partial charge in [-0.1, -0.05) is 12.2 Å². The Morgan fingerprint density at radius 3 is 2.75 bits per heavy atom. The first-order valence-electron chi connectivity index (χ1n) is 2.33. The zero-order chi connectivity index (χ0) is 5.98. The minimum atomic E-state index is 0.975. The van der Waals surface area contributed by atoms with E-state index in [1.165, 1.54) is 0 Å². The second-order valence-electron chi connectivity index (χ2n) is 1.67. The summed E-state index contributed by atoms with van der Waals surface area (Å²) in [7, 11) is 1.95. The Labute approximate surface area is 53.9 Å². The third-order valence-electron chi connectivity index (χ3n) is 0.950. The first kappa shape index (κ1) is 5.51. The molecule has 8 heavy (non-hydrogen) atoms. The number of aryl methyl sites for hydroxylation is 1. The predicted molar refractivity (Wildman–Crippen MR) is 37.1 cm³/mol. The SMILES string of the molecule is Cn1ccc([C]=S)c1. The zero-order valence-electron chi connectivity index (χ0n) is 4.59. The third-order valence-corrected chi connectivity index (χ3v) is 1.19. The summed E-state index contributed by atoms with van der Waals surface area (Å²) in [5, 5.41) is 2.61. The Bertz CT molecular complexity index is 190. The molecule has 0 unspecified atom stereocenters. The fourth-order valence-electron chi connectivity index (χ4n) is 0.564. The highest BCUT2D eigenvalue weighted by Gasteiger charge is 1.85. The molecule has 0 aliphatic carbocycles. The quantitative estimate of drug-likeness (QED) is 0.510. The minimum Gasteiger partial charge on any atom is -0.357 e. The van der Waals surface area contributed by atoms with E-state index in [4.69, 9.17) is 0 Å². The number of aromatic nitrogens is 1. The number of hydrogen-bond donors (Lipinski definition) is 0. The number of hydrogen-bond acceptors (Lipinski definition) is 1. The lowest BCUT2D eigenvalue weighted by molar-refractivity contribution is 0.927. The first-order chi connectivity index (χ1) is 3.83. The molecule has 0 N–H and O–H groups in total. The van der Waals surface area contributed by atoms with E-state index in [0.29, 0.717) is 0 Å². The van der Waals surface area contributed by atoms with Crippen molar-refractivity contribution in [3.63, 3.8) is 0 Å². The highest BCUT2D eigenvalue weighted by atomic mass is 32.1. The Balaban J connectivity index is 3.00. The van der Waals surface area contributed by atoms with E-state index in [1.807, 2.05) is 30.1 Å². The van der Waals surface area contributed by atoms with Crippen molar-refractivity contribution in [2.75, 3.05) is 0 Å². The lowest BCUT2D eigenvalue weighted by Crippen LogP contribution is -1.78. The lowest BCUT2D eigenvalue weighted by Gasteiger charge is -1.81. The average Bonchev–Trinajstić information content (AvgIpc) is 2.14.